The average molecular weight is 437 g/mol. The summed E-state index contributed by atoms with van der Waals surface area (Å²) in [5.41, 5.74) is -0.794. The van der Waals surface area contributed by atoms with Crippen LogP contribution in [0.2, 0.25) is 5.02 Å². The number of sulfonamides is 1. The van der Waals surface area contributed by atoms with E-state index in [1.165, 1.54) is 13.2 Å². The quantitative estimate of drug-likeness (QED) is 0.750. The topological polar surface area (TPSA) is 75.7 Å². The molecule has 0 aliphatic heterocycles. The molecule has 0 saturated carbocycles. The van der Waals surface area contributed by atoms with Crippen molar-refractivity contribution in [3.05, 3.63) is 53.1 Å². The van der Waals surface area contributed by atoms with Crippen molar-refractivity contribution < 1.29 is 31.1 Å². The zero-order valence-electron chi connectivity index (χ0n) is 14.7. The molecule has 1 N–H and O–H groups in total. The highest BCUT2D eigenvalue weighted by atomic mass is 35.5. The fraction of sp³-hybridized carbons (Fsp3) is 0.235. The summed E-state index contributed by atoms with van der Waals surface area (Å²) in [5, 5.41) is 2.10. The number of ether oxygens (including phenoxy) is 1. The number of hydrogen-bond acceptors (Lipinski definition) is 4. The predicted octanol–water partition coefficient (Wildman–Crippen LogP) is 3.63. The first-order valence-electron chi connectivity index (χ1n) is 7.72. The molecule has 0 aliphatic rings. The van der Waals surface area contributed by atoms with Crippen molar-refractivity contribution in [2.75, 3.05) is 26.0 Å². The van der Waals surface area contributed by atoms with E-state index in [-0.39, 0.29) is 5.02 Å². The van der Waals surface area contributed by atoms with Gasteiger partial charge in [-0.1, -0.05) is 17.7 Å². The second-order valence-corrected chi connectivity index (χ2v) is 8.10. The Hall–Kier alpha value is -2.30. The number of likely N-dealkylation sites (N-methyl/N-ethyl adjacent to an activating group) is 1. The highest BCUT2D eigenvalue weighted by Gasteiger charge is 2.34. The second-order valence-electron chi connectivity index (χ2n) is 5.68. The van der Waals surface area contributed by atoms with Crippen molar-refractivity contribution >= 4 is 33.2 Å². The van der Waals surface area contributed by atoms with Gasteiger partial charge in [-0.05, 0) is 30.3 Å². The number of nitrogens with zero attached hydrogens (tertiary/aromatic N) is 1. The van der Waals surface area contributed by atoms with Crippen molar-refractivity contribution in [3.8, 4) is 5.75 Å². The molecular weight excluding hydrogens is 421 g/mol. The summed E-state index contributed by atoms with van der Waals surface area (Å²) < 4.78 is 69.5. The Morgan fingerprint density at radius 3 is 2.50 bits per heavy atom. The molecule has 28 heavy (non-hydrogen) atoms. The Morgan fingerprint density at radius 1 is 1.21 bits per heavy atom. The van der Waals surface area contributed by atoms with Crippen LogP contribution in [0.25, 0.3) is 0 Å². The molecule has 0 bridgehead atoms. The number of nitrogens with one attached hydrogen (secondary N) is 1. The van der Waals surface area contributed by atoms with Gasteiger partial charge in [0.25, 0.3) is 0 Å². The lowest BCUT2D eigenvalue weighted by molar-refractivity contribution is -0.137. The van der Waals surface area contributed by atoms with Gasteiger partial charge in [-0.3, -0.25) is 4.79 Å². The molecule has 0 heterocycles. The number of rotatable bonds is 6. The molecule has 0 atom stereocenters. The summed E-state index contributed by atoms with van der Waals surface area (Å²) in [6, 6.07) is 8.33. The van der Waals surface area contributed by atoms with Crippen molar-refractivity contribution in [2.24, 2.45) is 0 Å². The maximum Gasteiger partial charge on any atom is 0.416 e. The lowest BCUT2D eigenvalue weighted by Gasteiger charge is -2.19. The maximum absolute atomic E-state index is 12.9. The van der Waals surface area contributed by atoms with Gasteiger partial charge >= 0.3 is 6.18 Å². The standard InChI is InChI=1S/C17H16ClF3N2O4S/c1-23(10-16(24)22-12-4-3-5-13(9-12)27-2)28(25,26)15-8-11(17(19,20)21)6-7-14(15)18/h3-9H,10H2,1-2H3,(H,22,24). The van der Waals surface area contributed by atoms with Crippen molar-refractivity contribution in [3.63, 3.8) is 0 Å². The van der Waals surface area contributed by atoms with E-state index in [4.69, 9.17) is 16.3 Å². The smallest absolute Gasteiger partial charge is 0.416 e. The Bertz CT molecular complexity index is 981. The highest BCUT2D eigenvalue weighted by Crippen LogP contribution is 2.34. The molecule has 152 valence electrons. The fourth-order valence-electron chi connectivity index (χ4n) is 2.23. The van der Waals surface area contributed by atoms with Crippen LogP contribution in [0, 0.1) is 0 Å². The minimum atomic E-state index is -4.74. The van der Waals surface area contributed by atoms with Crippen LogP contribution in [-0.4, -0.2) is 39.3 Å². The number of anilines is 1. The number of amides is 1. The van der Waals surface area contributed by atoms with E-state index < -0.39 is 39.1 Å². The van der Waals surface area contributed by atoms with E-state index in [0.717, 1.165) is 13.1 Å². The molecule has 0 unspecified atom stereocenters. The normalized spacial score (nSPS) is 12.1. The molecule has 2 aromatic rings. The van der Waals surface area contributed by atoms with Gasteiger partial charge in [-0.15, -0.1) is 0 Å². The van der Waals surface area contributed by atoms with Gasteiger partial charge in [-0.25, -0.2) is 8.42 Å². The summed E-state index contributed by atoms with van der Waals surface area (Å²) in [6.45, 7) is -0.633. The number of carbonyl (C=O) groups is 1. The monoisotopic (exact) mass is 436 g/mol. The van der Waals surface area contributed by atoms with Crippen molar-refractivity contribution in [1.82, 2.24) is 4.31 Å². The molecule has 0 radical (unpaired) electrons. The van der Waals surface area contributed by atoms with E-state index in [0.29, 0.717) is 27.9 Å². The van der Waals surface area contributed by atoms with Crippen LogP contribution in [0.1, 0.15) is 5.56 Å². The van der Waals surface area contributed by atoms with Gasteiger partial charge in [0.05, 0.1) is 24.2 Å². The SMILES string of the molecule is COc1cccc(NC(=O)CN(C)S(=O)(=O)c2cc(C(F)(F)F)ccc2Cl)c1. The molecule has 0 aromatic heterocycles. The summed E-state index contributed by atoms with van der Waals surface area (Å²) in [5.74, 6) is -0.211. The van der Waals surface area contributed by atoms with Crippen LogP contribution in [0.3, 0.4) is 0 Å². The summed E-state index contributed by atoms with van der Waals surface area (Å²) >= 11 is 5.79. The second kappa shape index (κ2) is 8.38. The maximum atomic E-state index is 12.9. The van der Waals surface area contributed by atoms with Crippen LogP contribution >= 0.6 is 11.6 Å². The molecule has 0 fully saturated rings. The summed E-state index contributed by atoms with van der Waals surface area (Å²) in [7, 11) is -1.93. The van der Waals surface area contributed by atoms with E-state index in [1.807, 2.05) is 0 Å². The van der Waals surface area contributed by atoms with Crippen LogP contribution in [0.15, 0.2) is 47.4 Å². The lowest BCUT2D eigenvalue weighted by atomic mass is 10.2. The van der Waals surface area contributed by atoms with Gasteiger partial charge in [0.15, 0.2) is 0 Å². The van der Waals surface area contributed by atoms with Crippen LogP contribution < -0.4 is 10.1 Å². The zero-order chi connectivity index (χ0) is 21.1. The molecule has 0 aliphatic carbocycles. The number of alkyl halides is 3. The van der Waals surface area contributed by atoms with Crippen LogP contribution in [0.5, 0.6) is 5.75 Å². The van der Waals surface area contributed by atoms with Crippen LogP contribution in [0.4, 0.5) is 18.9 Å². The molecule has 0 saturated heterocycles. The Labute approximate surface area is 164 Å². The first kappa shape index (κ1) is 22.0. The third kappa shape index (κ3) is 5.15. The third-order valence-electron chi connectivity index (χ3n) is 3.67. The largest absolute Gasteiger partial charge is 0.497 e. The minimum absolute atomic E-state index is 0.368. The van der Waals surface area contributed by atoms with Crippen molar-refractivity contribution in [1.29, 1.82) is 0 Å². The molecule has 2 rings (SSSR count). The summed E-state index contributed by atoms with van der Waals surface area (Å²) in [6.07, 6.45) is -4.74. The zero-order valence-corrected chi connectivity index (χ0v) is 16.3. The van der Waals surface area contributed by atoms with Crippen molar-refractivity contribution in [2.45, 2.75) is 11.1 Å². The molecular formula is C17H16ClF3N2O4S. The first-order chi connectivity index (χ1) is 12.9. The first-order valence-corrected chi connectivity index (χ1v) is 9.54. The van der Waals surface area contributed by atoms with E-state index in [1.54, 1.807) is 18.2 Å². The lowest BCUT2D eigenvalue weighted by Crippen LogP contribution is -2.35. The van der Waals surface area contributed by atoms with Crippen LogP contribution in [-0.2, 0) is 21.0 Å². The number of halogens is 4. The Morgan fingerprint density at radius 2 is 1.89 bits per heavy atom. The fourth-order valence-corrected chi connectivity index (χ4v) is 3.86. The number of benzene rings is 2. The number of methoxy groups -OCH3 is 1. The molecule has 1 amide bonds. The van der Waals surface area contributed by atoms with E-state index >= 15 is 0 Å². The Balaban J connectivity index is 2.20. The minimum Gasteiger partial charge on any atom is -0.497 e. The molecule has 11 heteroatoms. The van der Waals surface area contributed by atoms with E-state index in [2.05, 4.69) is 5.32 Å². The summed E-state index contributed by atoms with van der Waals surface area (Å²) in [4.78, 5) is 11.4. The van der Waals surface area contributed by atoms with Gasteiger partial charge < -0.3 is 10.1 Å². The van der Waals surface area contributed by atoms with E-state index in [9.17, 15) is 26.4 Å². The number of hydrogen-bond donors (Lipinski definition) is 1. The molecule has 6 nitrogen and oxygen atoms in total. The van der Waals surface area contributed by atoms with Gasteiger partial charge in [0, 0.05) is 18.8 Å². The highest BCUT2D eigenvalue weighted by molar-refractivity contribution is 7.89. The van der Waals surface area contributed by atoms with Gasteiger partial charge in [0.1, 0.15) is 10.6 Å². The number of carbonyl (C=O) groups excluding carboxylic acids is 1. The van der Waals surface area contributed by atoms with Gasteiger partial charge in [0.2, 0.25) is 15.9 Å². The van der Waals surface area contributed by atoms with Gasteiger partial charge in [-0.2, -0.15) is 17.5 Å². The average Bonchev–Trinajstić information content (AvgIpc) is 2.60. The third-order valence-corrected chi connectivity index (χ3v) is 5.95. The Kier molecular flexibility index (Phi) is 6.58. The predicted molar refractivity (Wildman–Crippen MR) is 97.9 cm³/mol. The molecule has 2 aromatic carbocycles. The molecule has 0 spiro atoms.